The number of benzene rings is 1. The van der Waals surface area contributed by atoms with Crippen molar-refractivity contribution in [3.8, 4) is 0 Å². The maximum absolute atomic E-state index is 4.29. The molecule has 0 radical (unpaired) electrons. The van der Waals surface area contributed by atoms with Gasteiger partial charge in [0.1, 0.15) is 5.82 Å². The zero-order valence-corrected chi connectivity index (χ0v) is 9.33. The van der Waals surface area contributed by atoms with Crippen LogP contribution in [0, 0.1) is 20.8 Å². The van der Waals surface area contributed by atoms with Crippen LogP contribution in [0.4, 0.5) is 0 Å². The van der Waals surface area contributed by atoms with Gasteiger partial charge < -0.3 is 0 Å². The lowest BCUT2D eigenvalue weighted by molar-refractivity contribution is 0.967. The van der Waals surface area contributed by atoms with Crippen molar-refractivity contribution in [1.29, 1.82) is 0 Å². The number of hydrogen-bond donors (Lipinski definition) is 1. The summed E-state index contributed by atoms with van der Waals surface area (Å²) in [5.41, 5.74) is 3.90. The van der Waals surface area contributed by atoms with Crippen LogP contribution in [0.5, 0.6) is 0 Å². The predicted molar refractivity (Wildman–Crippen MR) is 59.8 cm³/mol. The molecule has 0 unspecified atom stereocenters. The Morgan fingerprint density at radius 2 is 1.93 bits per heavy atom. The summed E-state index contributed by atoms with van der Waals surface area (Å²) in [4.78, 5) is 4.29. The van der Waals surface area contributed by atoms with E-state index in [0.29, 0.717) is 0 Å². The van der Waals surface area contributed by atoms with E-state index in [1.165, 1.54) is 16.7 Å². The number of aromatic nitrogens is 3. The van der Waals surface area contributed by atoms with Crippen molar-refractivity contribution in [2.75, 3.05) is 0 Å². The van der Waals surface area contributed by atoms with E-state index in [0.717, 1.165) is 18.1 Å². The third-order valence-corrected chi connectivity index (χ3v) is 2.58. The molecule has 1 heterocycles. The first kappa shape index (κ1) is 9.90. The van der Waals surface area contributed by atoms with Gasteiger partial charge in [0.25, 0.3) is 0 Å². The Labute approximate surface area is 89.6 Å². The second-order valence-corrected chi connectivity index (χ2v) is 3.93. The molecule has 78 valence electrons. The summed E-state index contributed by atoms with van der Waals surface area (Å²) in [5.74, 6) is 1.73. The van der Waals surface area contributed by atoms with Gasteiger partial charge in [-0.3, -0.25) is 5.10 Å². The molecular weight excluding hydrogens is 186 g/mol. The molecule has 0 atom stereocenters. The van der Waals surface area contributed by atoms with Gasteiger partial charge in [0.15, 0.2) is 5.82 Å². The molecule has 0 aliphatic heterocycles. The van der Waals surface area contributed by atoms with Crippen molar-refractivity contribution in [3.05, 3.63) is 46.5 Å². The zero-order chi connectivity index (χ0) is 10.8. The van der Waals surface area contributed by atoms with Gasteiger partial charge in [-0.05, 0) is 37.5 Å². The lowest BCUT2D eigenvalue weighted by Gasteiger charge is -2.02. The SMILES string of the molecule is Cc1nc(Cc2ccc(C)c(C)c2)n[nH]1. The van der Waals surface area contributed by atoms with Gasteiger partial charge in [0, 0.05) is 6.42 Å². The summed E-state index contributed by atoms with van der Waals surface area (Å²) < 4.78 is 0. The predicted octanol–water partition coefficient (Wildman–Crippen LogP) is 2.32. The standard InChI is InChI=1S/C12H15N3/c1-8-4-5-11(6-9(8)2)7-12-13-10(3)14-15-12/h4-6H,7H2,1-3H3,(H,13,14,15). The fourth-order valence-electron chi connectivity index (χ4n) is 1.56. The molecule has 0 saturated carbocycles. The van der Waals surface area contributed by atoms with Crippen LogP contribution in [0.3, 0.4) is 0 Å². The van der Waals surface area contributed by atoms with Crippen LogP contribution < -0.4 is 0 Å². The molecule has 2 rings (SSSR count). The quantitative estimate of drug-likeness (QED) is 0.810. The molecule has 1 N–H and O–H groups in total. The highest BCUT2D eigenvalue weighted by molar-refractivity contribution is 5.31. The van der Waals surface area contributed by atoms with Gasteiger partial charge in [0.2, 0.25) is 0 Å². The minimum atomic E-state index is 0.797. The Morgan fingerprint density at radius 1 is 1.13 bits per heavy atom. The van der Waals surface area contributed by atoms with E-state index in [-0.39, 0.29) is 0 Å². The highest BCUT2D eigenvalue weighted by Gasteiger charge is 2.02. The van der Waals surface area contributed by atoms with Crippen LogP contribution in [0.2, 0.25) is 0 Å². The number of nitrogens with one attached hydrogen (secondary N) is 1. The highest BCUT2D eigenvalue weighted by Crippen LogP contribution is 2.12. The van der Waals surface area contributed by atoms with E-state index in [1.807, 2.05) is 6.92 Å². The largest absolute Gasteiger partial charge is 0.263 e. The maximum atomic E-state index is 4.29. The average Bonchev–Trinajstić information content (AvgIpc) is 2.58. The summed E-state index contributed by atoms with van der Waals surface area (Å²) in [6, 6.07) is 6.47. The number of H-pyrrole nitrogens is 1. The molecule has 0 amide bonds. The summed E-state index contributed by atoms with van der Waals surface area (Å²) in [7, 11) is 0. The zero-order valence-electron chi connectivity index (χ0n) is 9.33. The Morgan fingerprint density at radius 3 is 2.53 bits per heavy atom. The fraction of sp³-hybridized carbons (Fsp3) is 0.333. The van der Waals surface area contributed by atoms with Gasteiger partial charge in [-0.15, -0.1) is 0 Å². The van der Waals surface area contributed by atoms with E-state index in [4.69, 9.17) is 0 Å². The molecular formula is C12H15N3. The van der Waals surface area contributed by atoms with E-state index in [9.17, 15) is 0 Å². The van der Waals surface area contributed by atoms with E-state index < -0.39 is 0 Å². The van der Waals surface area contributed by atoms with Crippen LogP contribution in [0.25, 0.3) is 0 Å². The van der Waals surface area contributed by atoms with Crippen molar-refractivity contribution in [2.24, 2.45) is 0 Å². The monoisotopic (exact) mass is 201 g/mol. The Kier molecular flexibility index (Phi) is 2.54. The molecule has 15 heavy (non-hydrogen) atoms. The van der Waals surface area contributed by atoms with Gasteiger partial charge in [-0.1, -0.05) is 18.2 Å². The molecule has 3 nitrogen and oxygen atoms in total. The van der Waals surface area contributed by atoms with E-state index >= 15 is 0 Å². The van der Waals surface area contributed by atoms with Gasteiger partial charge >= 0.3 is 0 Å². The number of aryl methyl sites for hydroxylation is 3. The smallest absolute Gasteiger partial charge is 0.155 e. The summed E-state index contributed by atoms with van der Waals surface area (Å²) in [5, 5.41) is 6.98. The van der Waals surface area contributed by atoms with Crippen molar-refractivity contribution in [1.82, 2.24) is 15.2 Å². The van der Waals surface area contributed by atoms with Crippen LogP contribution in [-0.4, -0.2) is 15.2 Å². The molecule has 2 aromatic rings. The Bertz CT molecular complexity index is 471. The van der Waals surface area contributed by atoms with Crippen molar-refractivity contribution in [3.63, 3.8) is 0 Å². The highest BCUT2D eigenvalue weighted by atomic mass is 15.2. The van der Waals surface area contributed by atoms with Crippen molar-refractivity contribution < 1.29 is 0 Å². The average molecular weight is 201 g/mol. The molecule has 0 saturated heterocycles. The molecule has 0 fully saturated rings. The lowest BCUT2D eigenvalue weighted by atomic mass is 10.0. The second-order valence-electron chi connectivity index (χ2n) is 3.93. The number of nitrogens with zero attached hydrogens (tertiary/aromatic N) is 2. The molecule has 0 bridgehead atoms. The minimum Gasteiger partial charge on any atom is -0.263 e. The fourth-order valence-corrected chi connectivity index (χ4v) is 1.56. The summed E-state index contributed by atoms with van der Waals surface area (Å²) in [6.45, 7) is 6.16. The van der Waals surface area contributed by atoms with Crippen molar-refractivity contribution in [2.45, 2.75) is 27.2 Å². The van der Waals surface area contributed by atoms with E-state index in [1.54, 1.807) is 0 Å². The summed E-state index contributed by atoms with van der Waals surface area (Å²) >= 11 is 0. The molecule has 0 spiro atoms. The Balaban J connectivity index is 2.21. The molecule has 1 aromatic heterocycles. The van der Waals surface area contributed by atoms with Crippen LogP contribution in [-0.2, 0) is 6.42 Å². The molecule has 0 aliphatic carbocycles. The maximum Gasteiger partial charge on any atom is 0.155 e. The third-order valence-electron chi connectivity index (χ3n) is 2.58. The first-order valence-corrected chi connectivity index (χ1v) is 5.09. The Hall–Kier alpha value is -1.64. The normalized spacial score (nSPS) is 10.6. The van der Waals surface area contributed by atoms with Crippen molar-refractivity contribution >= 4 is 0 Å². The van der Waals surface area contributed by atoms with Gasteiger partial charge in [-0.25, -0.2) is 4.98 Å². The van der Waals surface area contributed by atoms with Crippen LogP contribution >= 0.6 is 0 Å². The van der Waals surface area contributed by atoms with E-state index in [2.05, 4.69) is 47.2 Å². The first-order chi connectivity index (χ1) is 7.15. The second kappa shape index (κ2) is 3.85. The van der Waals surface area contributed by atoms with Gasteiger partial charge in [-0.2, -0.15) is 5.10 Å². The summed E-state index contributed by atoms with van der Waals surface area (Å²) in [6.07, 6.45) is 0.797. The molecule has 3 heteroatoms. The minimum absolute atomic E-state index is 0.797. The lowest BCUT2D eigenvalue weighted by Crippen LogP contribution is -1.92. The molecule has 0 aliphatic rings. The van der Waals surface area contributed by atoms with Gasteiger partial charge in [0.05, 0.1) is 0 Å². The first-order valence-electron chi connectivity index (χ1n) is 5.09. The van der Waals surface area contributed by atoms with Crippen LogP contribution in [0.1, 0.15) is 28.3 Å². The number of hydrogen-bond acceptors (Lipinski definition) is 2. The number of aromatic amines is 1. The topological polar surface area (TPSA) is 41.6 Å². The number of rotatable bonds is 2. The molecule has 1 aromatic carbocycles. The van der Waals surface area contributed by atoms with Crippen LogP contribution in [0.15, 0.2) is 18.2 Å². The third kappa shape index (κ3) is 2.24.